The third-order valence-corrected chi connectivity index (χ3v) is 2.78. The van der Waals surface area contributed by atoms with Crippen molar-refractivity contribution in [1.82, 2.24) is 5.32 Å². The molecule has 1 unspecified atom stereocenters. The number of aliphatic imine (C=N–C) groups is 1. The van der Waals surface area contributed by atoms with Gasteiger partial charge in [-0.05, 0) is 13.1 Å². The van der Waals surface area contributed by atoms with Crippen LogP contribution in [0.25, 0.3) is 0 Å². The Kier molecular flexibility index (Phi) is 3.87. The molecule has 2 rings (SSSR count). The molecule has 1 heterocycles. The molecule has 0 saturated carbocycles. The Balaban J connectivity index is 0.00000144. The summed E-state index contributed by atoms with van der Waals surface area (Å²) in [5, 5.41) is 11.9. The zero-order valence-electron chi connectivity index (χ0n) is 9.30. The van der Waals surface area contributed by atoms with E-state index >= 15 is 0 Å². The molecule has 5 nitrogen and oxygen atoms in total. The second-order valence-electron chi connectivity index (χ2n) is 3.78. The number of benzene rings is 1. The predicted molar refractivity (Wildman–Crippen MR) is 68.0 cm³/mol. The average Bonchev–Trinajstić information content (AvgIpc) is 2.29. The molecular formula is C11H14ClN3O2. The minimum Gasteiger partial charge on any atom is -0.477 e. The van der Waals surface area contributed by atoms with Gasteiger partial charge in [-0.25, -0.2) is 9.79 Å². The standard InChI is InChI=1S/C11H13N3O2.ClH/c1-13-11(12)6-9(10(15)16)14-8-5-3-2-4-7(8)11;/h2-5,13H,6,12H2,1H3,(H,15,16);1H. The summed E-state index contributed by atoms with van der Waals surface area (Å²) in [5.74, 6) is -1.03. The predicted octanol–water partition coefficient (Wildman–Crippen LogP) is 1.00. The number of nitrogens with zero attached hydrogens (tertiary/aromatic N) is 1. The van der Waals surface area contributed by atoms with Crippen LogP contribution in [0.5, 0.6) is 0 Å². The number of para-hydroxylation sites is 1. The number of halogens is 1. The smallest absolute Gasteiger partial charge is 0.350 e. The highest BCUT2D eigenvalue weighted by atomic mass is 35.5. The van der Waals surface area contributed by atoms with Crippen LogP contribution in [-0.4, -0.2) is 23.8 Å². The molecule has 0 saturated heterocycles. The van der Waals surface area contributed by atoms with Crippen LogP contribution in [0.1, 0.15) is 12.0 Å². The van der Waals surface area contributed by atoms with E-state index in [1.54, 1.807) is 13.1 Å². The molecule has 0 bridgehead atoms. The van der Waals surface area contributed by atoms with Gasteiger partial charge in [-0.15, -0.1) is 12.4 Å². The Morgan fingerprint density at radius 2 is 2.18 bits per heavy atom. The van der Waals surface area contributed by atoms with Gasteiger partial charge in [0.25, 0.3) is 0 Å². The normalized spacial score (nSPS) is 22.1. The van der Waals surface area contributed by atoms with Crippen molar-refractivity contribution in [2.75, 3.05) is 7.05 Å². The lowest BCUT2D eigenvalue weighted by Crippen LogP contribution is -2.52. The number of rotatable bonds is 2. The average molecular weight is 256 g/mol. The fourth-order valence-corrected chi connectivity index (χ4v) is 1.84. The van der Waals surface area contributed by atoms with Crippen LogP contribution in [0.3, 0.4) is 0 Å². The number of nitrogens with two attached hydrogens (primary N) is 1. The van der Waals surface area contributed by atoms with E-state index in [1.807, 2.05) is 18.2 Å². The van der Waals surface area contributed by atoms with Crippen LogP contribution in [0, 0.1) is 0 Å². The Morgan fingerprint density at radius 3 is 2.76 bits per heavy atom. The minimum atomic E-state index is -1.03. The largest absolute Gasteiger partial charge is 0.477 e. The lowest BCUT2D eigenvalue weighted by atomic mass is 9.90. The van der Waals surface area contributed by atoms with E-state index in [1.165, 1.54) is 0 Å². The van der Waals surface area contributed by atoms with E-state index in [0.29, 0.717) is 5.69 Å². The van der Waals surface area contributed by atoms with Gasteiger partial charge < -0.3 is 10.8 Å². The van der Waals surface area contributed by atoms with Crippen LogP contribution in [-0.2, 0) is 10.5 Å². The molecule has 1 atom stereocenters. The summed E-state index contributed by atoms with van der Waals surface area (Å²) in [5.41, 5.74) is 6.80. The van der Waals surface area contributed by atoms with Crippen molar-refractivity contribution in [2.24, 2.45) is 10.7 Å². The summed E-state index contributed by atoms with van der Waals surface area (Å²) in [4.78, 5) is 15.0. The Hall–Kier alpha value is -1.43. The molecule has 1 aromatic rings. The molecule has 0 radical (unpaired) electrons. The molecule has 1 aliphatic rings. The van der Waals surface area contributed by atoms with Gasteiger partial charge in [0.2, 0.25) is 0 Å². The second-order valence-corrected chi connectivity index (χ2v) is 3.78. The first-order valence-corrected chi connectivity index (χ1v) is 4.95. The number of fused-ring (bicyclic) bond motifs is 1. The molecule has 1 aromatic carbocycles. The first-order chi connectivity index (χ1) is 7.57. The number of hydrogen-bond acceptors (Lipinski definition) is 4. The van der Waals surface area contributed by atoms with E-state index in [-0.39, 0.29) is 24.5 Å². The SMILES string of the molecule is CNC1(N)CC(C(=O)O)=Nc2ccccc21.Cl. The molecule has 0 aromatic heterocycles. The van der Waals surface area contributed by atoms with Crippen LogP contribution in [0.2, 0.25) is 0 Å². The number of carboxylic acids is 1. The number of carboxylic acid groups (broad SMARTS) is 1. The summed E-state index contributed by atoms with van der Waals surface area (Å²) in [6.45, 7) is 0. The number of aliphatic carboxylic acids is 1. The maximum absolute atomic E-state index is 11.0. The highest BCUT2D eigenvalue weighted by Crippen LogP contribution is 2.33. The Bertz CT molecular complexity index is 476. The lowest BCUT2D eigenvalue weighted by Gasteiger charge is -2.33. The molecule has 1 aliphatic heterocycles. The van der Waals surface area contributed by atoms with Gasteiger partial charge in [0, 0.05) is 12.0 Å². The summed E-state index contributed by atoms with van der Waals surface area (Å²) < 4.78 is 0. The van der Waals surface area contributed by atoms with Gasteiger partial charge in [0.05, 0.1) is 5.69 Å². The van der Waals surface area contributed by atoms with Gasteiger partial charge in [0.15, 0.2) is 0 Å². The van der Waals surface area contributed by atoms with Crippen molar-refractivity contribution in [3.05, 3.63) is 29.8 Å². The number of hydrogen-bond donors (Lipinski definition) is 3. The van der Waals surface area contributed by atoms with E-state index in [0.717, 1.165) is 5.56 Å². The van der Waals surface area contributed by atoms with Crippen molar-refractivity contribution in [1.29, 1.82) is 0 Å². The van der Waals surface area contributed by atoms with Gasteiger partial charge >= 0.3 is 5.97 Å². The molecular weight excluding hydrogens is 242 g/mol. The maximum Gasteiger partial charge on any atom is 0.350 e. The lowest BCUT2D eigenvalue weighted by molar-refractivity contribution is -0.129. The minimum absolute atomic E-state index is 0. The van der Waals surface area contributed by atoms with Crippen molar-refractivity contribution in [3.8, 4) is 0 Å². The fraction of sp³-hybridized carbons (Fsp3) is 0.273. The van der Waals surface area contributed by atoms with Gasteiger partial charge in [0.1, 0.15) is 11.4 Å². The third kappa shape index (κ3) is 2.31. The van der Waals surface area contributed by atoms with Crippen molar-refractivity contribution in [3.63, 3.8) is 0 Å². The van der Waals surface area contributed by atoms with Crippen LogP contribution in [0.4, 0.5) is 5.69 Å². The molecule has 0 amide bonds. The van der Waals surface area contributed by atoms with Crippen molar-refractivity contribution < 1.29 is 9.90 Å². The summed E-state index contributed by atoms with van der Waals surface area (Å²) in [6.07, 6.45) is 0.176. The molecule has 0 spiro atoms. The molecule has 4 N–H and O–H groups in total. The topological polar surface area (TPSA) is 87.7 Å². The monoisotopic (exact) mass is 255 g/mol. The molecule has 0 fully saturated rings. The Labute approximate surface area is 105 Å². The zero-order chi connectivity index (χ0) is 11.8. The van der Waals surface area contributed by atoms with E-state index in [2.05, 4.69) is 10.3 Å². The Morgan fingerprint density at radius 1 is 1.53 bits per heavy atom. The fourth-order valence-electron chi connectivity index (χ4n) is 1.84. The maximum atomic E-state index is 11.0. The highest BCUT2D eigenvalue weighted by molar-refractivity contribution is 6.36. The van der Waals surface area contributed by atoms with E-state index in [9.17, 15) is 4.79 Å². The first kappa shape index (κ1) is 13.6. The zero-order valence-corrected chi connectivity index (χ0v) is 10.1. The van der Waals surface area contributed by atoms with Crippen molar-refractivity contribution in [2.45, 2.75) is 12.1 Å². The summed E-state index contributed by atoms with van der Waals surface area (Å²) >= 11 is 0. The van der Waals surface area contributed by atoms with E-state index < -0.39 is 11.6 Å². The number of carbonyl (C=O) groups is 1. The van der Waals surface area contributed by atoms with Crippen LogP contribution < -0.4 is 11.1 Å². The van der Waals surface area contributed by atoms with Gasteiger partial charge in [-0.3, -0.25) is 5.32 Å². The second kappa shape index (κ2) is 4.83. The third-order valence-electron chi connectivity index (χ3n) is 2.78. The van der Waals surface area contributed by atoms with Gasteiger partial charge in [-0.2, -0.15) is 0 Å². The first-order valence-electron chi connectivity index (χ1n) is 4.95. The van der Waals surface area contributed by atoms with Gasteiger partial charge in [-0.1, -0.05) is 18.2 Å². The molecule has 6 heteroatoms. The highest BCUT2D eigenvalue weighted by Gasteiger charge is 2.35. The summed E-state index contributed by atoms with van der Waals surface area (Å²) in [7, 11) is 1.71. The summed E-state index contributed by atoms with van der Waals surface area (Å²) in [6, 6.07) is 7.28. The van der Waals surface area contributed by atoms with Crippen LogP contribution >= 0.6 is 12.4 Å². The van der Waals surface area contributed by atoms with Crippen LogP contribution in [0.15, 0.2) is 29.3 Å². The quantitative estimate of drug-likeness (QED) is 0.688. The molecule has 17 heavy (non-hydrogen) atoms. The van der Waals surface area contributed by atoms with E-state index in [4.69, 9.17) is 10.8 Å². The van der Waals surface area contributed by atoms with Crippen molar-refractivity contribution >= 4 is 29.8 Å². The number of nitrogens with one attached hydrogen (secondary N) is 1. The molecule has 0 aliphatic carbocycles. The molecule has 92 valence electrons.